The number of anilines is 1. The van der Waals surface area contributed by atoms with E-state index in [-0.39, 0.29) is 11.8 Å². The standard InChI is InChI=1S/C24H21N3O3S2/c1-2-30-19-8-7-15-5-3-4-6-17(15)21(19)23(29)27-11-9-18-20(13-27)32-24(25-18)26-22(28)16-10-12-31-14-16/h3-8,10,12,14H,2,9,11,13H2,1H3,(H,25,26,28). The average molecular weight is 464 g/mol. The minimum Gasteiger partial charge on any atom is -0.493 e. The van der Waals surface area contributed by atoms with Crippen LogP contribution in [0.1, 0.15) is 38.2 Å². The number of thiophene rings is 1. The molecule has 4 aromatic rings. The third kappa shape index (κ3) is 3.87. The topological polar surface area (TPSA) is 71.5 Å². The Balaban J connectivity index is 1.40. The van der Waals surface area contributed by atoms with Gasteiger partial charge < -0.3 is 9.64 Å². The highest BCUT2D eigenvalue weighted by Gasteiger charge is 2.28. The van der Waals surface area contributed by atoms with Gasteiger partial charge in [-0.2, -0.15) is 11.3 Å². The van der Waals surface area contributed by atoms with Crippen molar-refractivity contribution >= 4 is 50.4 Å². The second kappa shape index (κ2) is 8.72. The van der Waals surface area contributed by atoms with Crippen molar-refractivity contribution in [3.8, 4) is 5.75 Å². The molecule has 2 aromatic heterocycles. The molecule has 0 spiro atoms. The largest absolute Gasteiger partial charge is 0.493 e. The Kier molecular flexibility index (Phi) is 5.63. The van der Waals surface area contributed by atoms with Gasteiger partial charge in [0.2, 0.25) is 0 Å². The monoisotopic (exact) mass is 463 g/mol. The highest BCUT2D eigenvalue weighted by Crippen LogP contribution is 2.33. The molecule has 3 heterocycles. The van der Waals surface area contributed by atoms with Gasteiger partial charge in [-0.1, -0.05) is 41.7 Å². The summed E-state index contributed by atoms with van der Waals surface area (Å²) in [6, 6.07) is 13.5. The summed E-state index contributed by atoms with van der Waals surface area (Å²) in [6.07, 6.45) is 0.653. The third-order valence-corrected chi connectivity index (χ3v) is 7.11. The number of hydrogen-bond acceptors (Lipinski definition) is 6. The Morgan fingerprint density at radius 1 is 1.19 bits per heavy atom. The van der Waals surface area contributed by atoms with Crippen molar-refractivity contribution in [1.82, 2.24) is 9.88 Å². The maximum atomic E-state index is 13.6. The highest BCUT2D eigenvalue weighted by molar-refractivity contribution is 7.16. The number of fused-ring (bicyclic) bond motifs is 2. The fraction of sp³-hybridized carbons (Fsp3) is 0.208. The molecule has 32 heavy (non-hydrogen) atoms. The zero-order valence-electron chi connectivity index (χ0n) is 17.5. The number of carbonyl (C=O) groups excluding carboxylic acids is 2. The number of amides is 2. The van der Waals surface area contributed by atoms with E-state index in [2.05, 4.69) is 10.3 Å². The average Bonchev–Trinajstić information content (AvgIpc) is 3.48. The van der Waals surface area contributed by atoms with Gasteiger partial charge in [0.15, 0.2) is 5.13 Å². The van der Waals surface area contributed by atoms with Crippen LogP contribution in [0.15, 0.2) is 53.2 Å². The van der Waals surface area contributed by atoms with Crippen LogP contribution in [0.25, 0.3) is 10.8 Å². The lowest BCUT2D eigenvalue weighted by atomic mass is 10.0. The van der Waals surface area contributed by atoms with Crippen LogP contribution in [-0.4, -0.2) is 34.8 Å². The molecule has 8 heteroatoms. The molecule has 0 atom stereocenters. The number of nitrogens with zero attached hydrogens (tertiary/aromatic N) is 2. The third-order valence-electron chi connectivity index (χ3n) is 5.43. The molecule has 1 N–H and O–H groups in total. The smallest absolute Gasteiger partial charge is 0.258 e. The first-order valence-corrected chi connectivity index (χ1v) is 12.2. The van der Waals surface area contributed by atoms with Gasteiger partial charge in [0.25, 0.3) is 11.8 Å². The van der Waals surface area contributed by atoms with Crippen molar-refractivity contribution in [1.29, 1.82) is 0 Å². The maximum absolute atomic E-state index is 13.6. The number of ether oxygens (including phenoxy) is 1. The first-order chi connectivity index (χ1) is 15.6. The maximum Gasteiger partial charge on any atom is 0.258 e. The molecular formula is C24H21N3O3S2. The van der Waals surface area contributed by atoms with Crippen molar-refractivity contribution in [2.75, 3.05) is 18.5 Å². The predicted octanol–water partition coefficient (Wildman–Crippen LogP) is 5.21. The van der Waals surface area contributed by atoms with Crippen molar-refractivity contribution in [3.63, 3.8) is 0 Å². The van der Waals surface area contributed by atoms with Gasteiger partial charge in [0, 0.05) is 23.2 Å². The quantitative estimate of drug-likeness (QED) is 0.441. The van der Waals surface area contributed by atoms with Crippen LogP contribution < -0.4 is 10.1 Å². The Bertz CT molecular complexity index is 1300. The minimum absolute atomic E-state index is 0.0480. The molecule has 0 bridgehead atoms. The number of rotatable bonds is 5. The van der Waals surface area contributed by atoms with E-state index >= 15 is 0 Å². The van der Waals surface area contributed by atoms with Crippen LogP contribution in [0, 0.1) is 0 Å². The lowest BCUT2D eigenvalue weighted by Gasteiger charge is -2.27. The molecule has 2 amide bonds. The van der Waals surface area contributed by atoms with Gasteiger partial charge in [0.05, 0.1) is 30.0 Å². The fourth-order valence-corrected chi connectivity index (χ4v) is 5.55. The van der Waals surface area contributed by atoms with E-state index in [0.717, 1.165) is 21.3 Å². The minimum atomic E-state index is -0.164. The molecule has 0 fully saturated rings. The van der Waals surface area contributed by atoms with E-state index in [1.807, 2.05) is 59.0 Å². The number of aromatic nitrogens is 1. The molecule has 0 saturated carbocycles. The van der Waals surface area contributed by atoms with Crippen LogP contribution in [0.4, 0.5) is 5.13 Å². The number of benzene rings is 2. The Morgan fingerprint density at radius 2 is 2.06 bits per heavy atom. The summed E-state index contributed by atoms with van der Waals surface area (Å²) in [5, 5.41) is 9.03. The van der Waals surface area contributed by atoms with Gasteiger partial charge in [-0.05, 0) is 35.2 Å². The van der Waals surface area contributed by atoms with Crippen LogP contribution in [0.5, 0.6) is 5.75 Å². The van der Waals surface area contributed by atoms with Crippen molar-refractivity contribution in [3.05, 3.63) is 74.9 Å². The summed E-state index contributed by atoms with van der Waals surface area (Å²) >= 11 is 2.91. The fourth-order valence-electron chi connectivity index (χ4n) is 3.89. The number of hydrogen-bond donors (Lipinski definition) is 1. The molecule has 0 unspecified atom stereocenters. The molecular weight excluding hydrogens is 442 g/mol. The normalized spacial score (nSPS) is 13.1. The van der Waals surface area contributed by atoms with Gasteiger partial charge in [0.1, 0.15) is 5.75 Å². The molecule has 0 radical (unpaired) electrons. The second-order valence-corrected chi connectivity index (χ2v) is 9.29. The van der Waals surface area contributed by atoms with E-state index in [9.17, 15) is 9.59 Å². The predicted molar refractivity (Wildman–Crippen MR) is 128 cm³/mol. The summed E-state index contributed by atoms with van der Waals surface area (Å²) in [5.74, 6) is 0.394. The van der Waals surface area contributed by atoms with Crippen molar-refractivity contribution in [2.24, 2.45) is 0 Å². The molecule has 6 nitrogen and oxygen atoms in total. The first-order valence-electron chi connectivity index (χ1n) is 10.4. The highest BCUT2D eigenvalue weighted by atomic mass is 32.1. The Morgan fingerprint density at radius 3 is 2.88 bits per heavy atom. The van der Waals surface area contributed by atoms with Crippen LogP contribution in [0.2, 0.25) is 0 Å². The van der Waals surface area contributed by atoms with Gasteiger partial charge >= 0.3 is 0 Å². The Labute approximate surface area is 193 Å². The van der Waals surface area contributed by atoms with Crippen molar-refractivity contribution < 1.29 is 14.3 Å². The van der Waals surface area contributed by atoms with E-state index in [1.165, 1.54) is 22.7 Å². The summed E-state index contributed by atoms with van der Waals surface area (Å²) < 4.78 is 5.81. The lowest BCUT2D eigenvalue weighted by molar-refractivity contribution is 0.0734. The second-order valence-electron chi connectivity index (χ2n) is 7.42. The number of carbonyl (C=O) groups is 2. The Hall–Kier alpha value is -3.23. The summed E-state index contributed by atoms with van der Waals surface area (Å²) in [5.41, 5.74) is 2.17. The lowest BCUT2D eigenvalue weighted by Crippen LogP contribution is -2.35. The van der Waals surface area contributed by atoms with Crippen LogP contribution >= 0.6 is 22.7 Å². The van der Waals surface area contributed by atoms with E-state index in [0.29, 0.717) is 48.1 Å². The van der Waals surface area contributed by atoms with Crippen molar-refractivity contribution in [2.45, 2.75) is 19.9 Å². The molecule has 2 aromatic carbocycles. The summed E-state index contributed by atoms with van der Waals surface area (Å²) in [6.45, 7) is 3.45. The van der Waals surface area contributed by atoms with E-state index in [4.69, 9.17) is 4.74 Å². The van der Waals surface area contributed by atoms with Crippen LogP contribution in [0.3, 0.4) is 0 Å². The van der Waals surface area contributed by atoms with Gasteiger partial charge in [-0.25, -0.2) is 4.98 Å². The summed E-state index contributed by atoms with van der Waals surface area (Å²) in [7, 11) is 0. The summed E-state index contributed by atoms with van der Waals surface area (Å²) in [4.78, 5) is 33.4. The van der Waals surface area contributed by atoms with Crippen LogP contribution in [-0.2, 0) is 13.0 Å². The SMILES string of the molecule is CCOc1ccc2ccccc2c1C(=O)N1CCc2nc(NC(=O)c3ccsc3)sc2C1. The molecule has 1 aliphatic heterocycles. The molecule has 162 valence electrons. The van der Waals surface area contributed by atoms with E-state index < -0.39 is 0 Å². The zero-order valence-corrected chi connectivity index (χ0v) is 19.1. The number of nitrogens with one attached hydrogen (secondary N) is 1. The van der Waals surface area contributed by atoms with Gasteiger partial charge in [-0.15, -0.1) is 0 Å². The zero-order chi connectivity index (χ0) is 22.1. The van der Waals surface area contributed by atoms with E-state index in [1.54, 1.807) is 6.07 Å². The first kappa shape index (κ1) is 20.7. The number of thiazole rings is 1. The van der Waals surface area contributed by atoms with Gasteiger partial charge in [-0.3, -0.25) is 14.9 Å². The molecule has 0 saturated heterocycles. The molecule has 5 rings (SSSR count). The molecule has 0 aliphatic carbocycles. The molecule has 1 aliphatic rings.